The molecule has 2 aromatic heterocycles. The highest BCUT2D eigenvalue weighted by Gasteiger charge is 2.45. The van der Waals surface area contributed by atoms with Gasteiger partial charge in [-0.1, -0.05) is 41.9 Å². The molecule has 5 aromatic rings. The molecular formula is C25H14ClF6N5O2S2. The molecule has 212 valence electrons. The van der Waals surface area contributed by atoms with Crippen LogP contribution in [0.2, 0.25) is 5.02 Å². The lowest BCUT2D eigenvalue weighted by Crippen LogP contribution is -2.19. The normalized spacial score (nSPS) is 13.1. The quantitative estimate of drug-likeness (QED) is 0.201. The second kappa shape index (κ2) is 10.5. The fourth-order valence-electron chi connectivity index (χ4n) is 3.84. The highest BCUT2D eigenvalue weighted by molar-refractivity contribution is 7.90. The topological polar surface area (TPSA) is 82.1 Å². The van der Waals surface area contributed by atoms with Crippen molar-refractivity contribution in [2.45, 2.75) is 17.2 Å². The van der Waals surface area contributed by atoms with Crippen molar-refractivity contribution in [2.24, 2.45) is 4.40 Å². The average molecular weight is 630 g/mol. The first-order valence-corrected chi connectivity index (χ1v) is 14.0. The molecule has 0 spiro atoms. The van der Waals surface area contributed by atoms with Gasteiger partial charge in [0.2, 0.25) is 16.5 Å². The number of thiazole rings is 1. The summed E-state index contributed by atoms with van der Waals surface area (Å²) in [7, 11) is -4.48. The van der Waals surface area contributed by atoms with Crippen LogP contribution in [0.25, 0.3) is 22.6 Å². The van der Waals surface area contributed by atoms with Gasteiger partial charge in [-0.15, -0.1) is 25.9 Å². The summed E-state index contributed by atoms with van der Waals surface area (Å²) in [6.45, 7) is 0. The first-order valence-electron chi connectivity index (χ1n) is 11.3. The fourth-order valence-corrected chi connectivity index (χ4v) is 6.08. The molecule has 0 atom stereocenters. The maximum atomic E-state index is 13.4. The van der Waals surface area contributed by atoms with Crippen molar-refractivity contribution in [1.82, 2.24) is 19.3 Å². The number of hydrogen-bond acceptors (Lipinski definition) is 5. The minimum atomic E-state index is -5.26. The Kier molecular flexibility index (Phi) is 7.29. The maximum absolute atomic E-state index is 13.4. The van der Waals surface area contributed by atoms with Gasteiger partial charge < -0.3 is 0 Å². The largest absolute Gasteiger partial charge is 0.452 e. The predicted molar refractivity (Wildman–Crippen MR) is 138 cm³/mol. The summed E-state index contributed by atoms with van der Waals surface area (Å²) in [6.07, 6.45) is -10.5. The first-order chi connectivity index (χ1) is 19.3. The van der Waals surface area contributed by atoms with E-state index in [0.717, 1.165) is 41.2 Å². The van der Waals surface area contributed by atoms with E-state index in [2.05, 4.69) is 14.6 Å². The van der Waals surface area contributed by atoms with Gasteiger partial charge in [0.25, 0.3) is 10.0 Å². The monoisotopic (exact) mass is 629 g/mol. The Bertz CT molecular complexity index is 1850. The van der Waals surface area contributed by atoms with Crippen molar-refractivity contribution in [3.05, 3.63) is 106 Å². The molecule has 3 aromatic carbocycles. The fraction of sp³-hybridized carbons (Fsp3) is 0.0800. The maximum Gasteiger partial charge on any atom is 0.452 e. The molecule has 41 heavy (non-hydrogen) atoms. The Labute approximate surface area is 236 Å². The molecule has 0 unspecified atom stereocenters. The Hall–Kier alpha value is -3.95. The highest BCUT2D eigenvalue weighted by atomic mass is 35.5. The van der Waals surface area contributed by atoms with E-state index in [4.69, 9.17) is 11.6 Å². The lowest BCUT2D eigenvalue weighted by atomic mass is 10.1. The lowest BCUT2D eigenvalue weighted by Gasteiger charge is -2.13. The van der Waals surface area contributed by atoms with Gasteiger partial charge in [-0.25, -0.2) is 0 Å². The molecule has 0 radical (unpaired) electrons. The number of hydrogen-bond donors (Lipinski definition) is 0. The zero-order chi connectivity index (χ0) is 29.6. The minimum absolute atomic E-state index is 0.0350. The molecule has 0 N–H and O–H groups in total. The van der Waals surface area contributed by atoms with Gasteiger partial charge in [-0.05, 0) is 54.1 Å². The summed E-state index contributed by atoms with van der Waals surface area (Å²) >= 11 is 7.03. The second-order valence-electron chi connectivity index (χ2n) is 8.32. The molecule has 2 heterocycles. The SMILES string of the molecule is O=S(=O)(/N=c1\scc(-c2ccccc2)n1-c1ccc(Cl)cc1)c1ccc(-n2c(C(F)(F)F)nnc2C(F)(F)F)cc1. The van der Waals surface area contributed by atoms with Crippen LogP contribution in [-0.2, 0) is 22.4 Å². The summed E-state index contributed by atoms with van der Waals surface area (Å²) < 4.78 is 112. The van der Waals surface area contributed by atoms with Gasteiger partial charge in [-0.2, -0.15) is 34.8 Å². The van der Waals surface area contributed by atoms with Crippen LogP contribution in [0.1, 0.15) is 11.6 Å². The minimum Gasteiger partial charge on any atom is -0.284 e. The molecule has 0 fully saturated rings. The van der Waals surface area contributed by atoms with Gasteiger partial charge in [-0.3, -0.25) is 9.13 Å². The second-order valence-corrected chi connectivity index (χ2v) is 11.2. The summed E-state index contributed by atoms with van der Waals surface area (Å²) in [5.41, 5.74) is 1.28. The average Bonchev–Trinajstić information content (AvgIpc) is 3.55. The molecule has 7 nitrogen and oxygen atoms in total. The van der Waals surface area contributed by atoms with Crippen molar-refractivity contribution in [1.29, 1.82) is 0 Å². The smallest absolute Gasteiger partial charge is 0.284 e. The van der Waals surface area contributed by atoms with E-state index in [1.54, 1.807) is 46.3 Å². The summed E-state index contributed by atoms with van der Waals surface area (Å²) in [5.74, 6) is -3.83. The standard InChI is InChI=1S/C25H14ClF6N5O2S2/c26-16-6-8-17(9-7-16)36-20(15-4-2-1-3-5-15)14-40-23(36)35-41(38,39)19-12-10-18(11-13-19)37-21(24(27,28)29)33-34-22(37)25(30,31)32/h1-14H/b35-23-. The summed E-state index contributed by atoms with van der Waals surface area (Å²) in [5, 5.41) is 7.45. The number of benzene rings is 3. The van der Waals surface area contributed by atoms with Crippen molar-refractivity contribution < 1.29 is 34.8 Å². The lowest BCUT2D eigenvalue weighted by molar-refractivity contribution is -0.153. The number of nitrogens with zero attached hydrogens (tertiary/aromatic N) is 5. The number of aromatic nitrogens is 4. The first kappa shape index (κ1) is 28.6. The van der Waals surface area contributed by atoms with Gasteiger partial charge in [0.05, 0.1) is 10.6 Å². The summed E-state index contributed by atoms with van der Waals surface area (Å²) in [4.78, 5) is -0.429. The molecule has 0 aliphatic carbocycles. The molecule has 0 saturated carbocycles. The van der Waals surface area contributed by atoms with E-state index in [1.807, 2.05) is 18.2 Å². The van der Waals surface area contributed by atoms with Crippen LogP contribution >= 0.6 is 22.9 Å². The van der Waals surface area contributed by atoms with Crippen LogP contribution in [0.3, 0.4) is 0 Å². The van der Waals surface area contributed by atoms with Gasteiger partial charge >= 0.3 is 12.4 Å². The molecule has 5 rings (SSSR count). The van der Waals surface area contributed by atoms with E-state index < -0.39 is 44.6 Å². The third-order valence-electron chi connectivity index (χ3n) is 5.62. The van der Waals surface area contributed by atoms with Gasteiger partial charge in [0.15, 0.2) is 0 Å². The van der Waals surface area contributed by atoms with E-state index in [-0.39, 0.29) is 9.37 Å². The molecular weight excluding hydrogens is 616 g/mol. The molecule has 0 amide bonds. The van der Waals surface area contributed by atoms with Crippen LogP contribution in [0.15, 0.2) is 93.5 Å². The Morgan fingerprint density at radius 2 is 1.24 bits per heavy atom. The molecule has 0 aliphatic heterocycles. The van der Waals surface area contributed by atoms with E-state index in [1.165, 1.54) is 0 Å². The van der Waals surface area contributed by atoms with Gasteiger partial charge in [0.1, 0.15) is 0 Å². The van der Waals surface area contributed by atoms with Crippen molar-refractivity contribution >= 4 is 33.0 Å². The van der Waals surface area contributed by atoms with Crippen molar-refractivity contribution in [3.8, 4) is 22.6 Å². The number of sulfonamides is 1. The molecule has 0 aliphatic rings. The van der Waals surface area contributed by atoms with Crippen molar-refractivity contribution in [3.63, 3.8) is 0 Å². The van der Waals surface area contributed by atoms with E-state index in [9.17, 15) is 34.8 Å². The third kappa shape index (κ3) is 5.78. The van der Waals surface area contributed by atoms with Crippen LogP contribution < -0.4 is 4.80 Å². The number of alkyl halides is 6. The molecule has 16 heteroatoms. The van der Waals surface area contributed by atoms with E-state index >= 15 is 0 Å². The molecule has 0 saturated heterocycles. The Morgan fingerprint density at radius 3 is 1.78 bits per heavy atom. The Morgan fingerprint density at radius 1 is 0.732 bits per heavy atom. The third-order valence-corrected chi connectivity index (χ3v) is 8.10. The van der Waals surface area contributed by atoms with Crippen LogP contribution in [0.4, 0.5) is 26.3 Å². The van der Waals surface area contributed by atoms with E-state index in [0.29, 0.717) is 16.4 Å². The zero-order valence-corrected chi connectivity index (χ0v) is 22.5. The zero-order valence-electron chi connectivity index (χ0n) is 20.1. The van der Waals surface area contributed by atoms with Crippen LogP contribution in [-0.4, -0.2) is 27.7 Å². The number of rotatable bonds is 5. The van der Waals surface area contributed by atoms with Crippen molar-refractivity contribution in [2.75, 3.05) is 0 Å². The Balaban J connectivity index is 1.61. The predicted octanol–water partition coefficient (Wildman–Crippen LogP) is 6.77. The highest BCUT2D eigenvalue weighted by Crippen LogP contribution is 2.36. The molecule has 0 bridgehead atoms. The van der Waals surface area contributed by atoms with Crippen LogP contribution in [0, 0.1) is 0 Å². The summed E-state index contributed by atoms with van der Waals surface area (Å²) in [6, 6.07) is 18.9. The van der Waals surface area contributed by atoms with Gasteiger partial charge in [0, 0.05) is 21.8 Å². The number of halogens is 7. The van der Waals surface area contributed by atoms with Crippen LogP contribution in [0.5, 0.6) is 0 Å².